The standard InChI is InChI=1S/C20H18ClFN2O3/c1-11-4-2-3-5-16(11)24-20(27)13-8-15(22)12(9-19(13)26)17-7-6-14(21)18(10-25)23-17/h3,5-9,25-26H,2,4,10H2,1H3,(H,24,27). The smallest absolute Gasteiger partial charge is 0.259 e. The zero-order valence-electron chi connectivity index (χ0n) is 14.6. The maximum Gasteiger partial charge on any atom is 0.259 e. The first-order chi connectivity index (χ1) is 12.9. The van der Waals surface area contributed by atoms with Crippen LogP contribution < -0.4 is 5.32 Å². The van der Waals surface area contributed by atoms with E-state index in [1.165, 1.54) is 12.1 Å². The fourth-order valence-corrected chi connectivity index (χ4v) is 2.97. The molecule has 0 saturated heterocycles. The third kappa shape index (κ3) is 4.02. The van der Waals surface area contributed by atoms with Gasteiger partial charge in [-0.3, -0.25) is 4.79 Å². The number of phenolic OH excluding ortho intramolecular Hbond substituents is 1. The molecule has 0 saturated carbocycles. The summed E-state index contributed by atoms with van der Waals surface area (Å²) in [5.41, 5.74) is 1.89. The highest BCUT2D eigenvalue weighted by atomic mass is 35.5. The Morgan fingerprint density at radius 2 is 2.15 bits per heavy atom. The van der Waals surface area contributed by atoms with Crippen molar-refractivity contribution < 1.29 is 19.4 Å². The second-order valence-electron chi connectivity index (χ2n) is 6.22. The largest absolute Gasteiger partial charge is 0.507 e. The molecule has 0 atom stereocenters. The monoisotopic (exact) mass is 388 g/mol. The van der Waals surface area contributed by atoms with E-state index >= 15 is 0 Å². The Morgan fingerprint density at radius 1 is 1.37 bits per heavy atom. The van der Waals surface area contributed by atoms with Crippen LogP contribution in [0.3, 0.4) is 0 Å². The quantitative estimate of drug-likeness (QED) is 0.736. The Kier molecular flexibility index (Phi) is 5.58. The van der Waals surface area contributed by atoms with E-state index < -0.39 is 18.3 Å². The summed E-state index contributed by atoms with van der Waals surface area (Å²) in [5.74, 6) is -1.69. The summed E-state index contributed by atoms with van der Waals surface area (Å²) in [5, 5.41) is 22.5. The molecule has 1 heterocycles. The molecular weight excluding hydrogens is 371 g/mol. The van der Waals surface area contributed by atoms with Crippen molar-refractivity contribution >= 4 is 17.5 Å². The first-order valence-corrected chi connectivity index (χ1v) is 8.75. The number of hydrogen-bond donors (Lipinski definition) is 3. The van der Waals surface area contributed by atoms with E-state index in [2.05, 4.69) is 10.3 Å². The van der Waals surface area contributed by atoms with Crippen LogP contribution in [0.1, 0.15) is 35.8 Å². The Bertz CT molecular complexity index is 970. The number of pyridine rings is 1. The fourth-order valence-electron chi connectivity index (χ4n) is 2.80. The Labute approximate surface area is 160 Å². The number of carbonyl (C=O) groups excluding carboxylic acids is 1. The number of carbonyl (C=O) groups is 1. The van der Waals surface area contributed by atoms with Crippen molar-refractivity contribution in [3.63, 3.8) is 0 Å². The zero-order chi connectivity index (χ0) is 19.6. The van der Waals surface area contributed by atoms with E-state index in [0.29, 0.717) is 5.70 Å². The van der Waals surface area contributed by atoms with Gasteiger partial charge in [-0.25, -0.2) is 9.37 Å². The maximum atomic E-state index is 14.6. The number of aliphatic hydroxyl groups excluding tert-OH is 1. The number of aromatic nitrogens is 1. The van der Waals surface area contributed by atoms with Crippen molar-refractivity contribution in [2.75, 3.05) is 0 Å². The lowest BCUT2D eigenvalue weighted by molar-refractivity contribution is 0.0963. The minimum absolute atomic E-state index is 0.00313. The molecule has 140 valence electrons. The third-order valence-corrected chi connectivity index (χ3v) is 4.70. The van der Waals surface area contributed by atoms with Crippen molar-refractivity contribution in [2.24, 2.45) is 0 Å². The van der Waals surface area contributed by atoms with Gasteiger partial charge in [0.1, 0.15) is 11.6 Å². The normalized spacial score (nSPS) is 13.8. The van der Waals surface area contributed by atoms with E-state index in [1.807, 2.05) is 13.0 Å². The molecule has 0 aliphatic heterocycles. The third-order valence-electron chi connectivity index (χ3n) is 4.35. The van der Waals surface area contributed by atoms with E-state index in [-0.39, 0.29) is 33.3 Å². The highest BCUT2D eigenvalue weighted by Gasteiger charge is 2.19. The molecule has 1 amide bonds. The molecule has 2 aromatic rings. The molecule has 0 spiro atoms. The van der Waals surface area contributed by atoms with Gasteiger partial charge in [0.15, 0.2) is 0 Å². The molecule has 0 radical (unpaired) electrons. The SMILES string of the molecule is CC1=C(NC(=O)c2cc(F)c(-c3ccc(Cl)c(CO)n3)cc2O)C=CCC1. The summed E-state index contributed by atoms with van der Waals surface area (Å²) < 4.78 is 14.6. The first kappa shape index (κ1) is 19.1. The van der Waals surface area contributed by atoms with Crippen LogP contribution in [0.25, 0.3) is 11.3 Å². The van der Waals surface area contributed by atoms with Crippen molar-refractivity contribution in [1.82, 2.24) is 10.3 Å². The molecule has 1 aliphatic rings. The van der Waals surface area contributed by atoms with Gasteiger partial charge in [-0.05, 0) is 55.7 Å². The van der Waals surface area contributed by atoms with Crippen molar-refractivity contribution in [3.8, 4) is 17.0 Å². The van der Waals surface area contributed by atoms with Gasteiger partial charge in [-0.2, -0.15) is 0 Å². The number of rotatable bonds is 4. The molecule has 1 aromatic carbocycles. The van der Waals surface area contributed by atoms with Crippen LogP contribution in [0.2, 0.25) is 5.02 Å². The Balaban J connectivity index is 1.93. The maximum absolute atomic E-state index is 14.6. The number of phenols is 1. The van der Waals surface area contributed by atoms with E-state index in [4.69, 9.17) is 11.6 Å². The summed E-state index contributed by atoms with van der Waals surface area (Å²) in [7, 11) is 0. The van der Waals surface area contributed by atoms with Crippen LogP contribution in [-0.4, -0.2) is 21.1 Å². The molecule has 7 heteroatoms. The Morgan fingerprint density at radius 3 is 2.85 bits per heavy atom. The number of aliphatic hydroxyl groups is 1. The lowest BCUT2D eigenvalue weighted by Gasteiger charge is -2.15. The number of nitrogens with zero attached hydrogens (tertiary/aromatic N) is 1. The number of aromatic hydroxyl groups is 1. The summed E-state index contributed by atoms with van der Waals surface area (Å²) in [6.07, 6.45) is 5.48. The summed E-state index contributed by atoms with van der Waals surface area (Å²) >= 11 is 5.90. The number of benzene rings is 1. The molecule has 3 rings (SSSR count). The summed E-state index contributed by atoms with van der Waals surface area (Å²) in [4.78, 5) is 16.5. The lowest BCUT2D eigenvalue weighted by Crippen LogP contribution is -2.24. The van der Waals surface area contributed by atoms with Gasteiger partial charge >= 0.3 is 0 Å². The lowest BCUT2D eigenvalue weighted by atomic mass is 10.0. The summed E-state index contributed by atoms with van der Waals surface area (Å²) in [6.45, 7) is 1.51. The van der Waals surface area contributed by atoms with Crippen LogP contribution >= 0.6 is 11.6 Å². The van der Waals surface area contributed by atoms with E-state index in [1.54, 1.807) is 6.08 Å². The second kappa shape index (κ2) is 7.90. The van der Waals surface area contributed by atoms with Crippen LogP contribution in [0.4, 0.5) is 4.39 Å². The number of hydrogen-bond acceptors (Lipinski definition) is 4. The number of allylic oxidation sites excluding steroid dienone is 3. The molecule has 27 heavy (non-hydrogen) atoms. The predicted octanol–water partition coefficient (Wildman–Crippen LogP) is 4.09. The molecule has 1 aromatic heterocycles. The van der Waals surface area contributed by atoms with Crippen LogP contribution in [0.5, 0.6) is 5.75 Å². The van der Waals surface area contributed by atoms with Gasteiger partial charge in [0.05, 0.1) is 28.6 Å². The second-order valence-corrected chi connectivity index (χ2v) is 6.63. The van der Waals surface area contributed by atoms with Gasteiger partial charge in [0.2, 0.25) is 0 Å². The van der Waals surface area contributed by atoms with Gasteiger partial charge in [0.25, 0.3) is 5.91 Å². The van der Waals surface area contributed by atoms with E-state index in [9.17, 15) is 19.4 Å². The first-order valence-electron chi connectivity index (χ1n) is 8.37. The van der Waals surface area contributed by atoms with Gasteiger partial charge < -0.3 is 15.5 Å². The van der Waals surface area contributed by atoms with Crippen molar-refractivity contribution in [1.29, 1.82) is 0 Å². The van der Waals surface area contributed by atoms with Gasteiger partial charge in [-0.1, -0.05) is 17.7 Å². The average molecular weight is 389 g/mol. The summed E-state index contributed by atoms with van der Waals surface area (Å²) in [6, 6.07) is 5.06. The molecule has 1 aliphatic carbocycles. The molecule has 5 nitrogen and oxygen atoms in total. The van der Waals surface area contributed by atoms with Crippen molar-refractivity contribution in [2.45, 2.75) is 26.4 Å². The molecule has 0 fully saturated rings. The number of nitrogens with one attached hydrogen (secondary N) is 1. The molecule has 3 N–H and O–H groups in total. The highest BCUT2D eigenvalue weighted by Crippen LogP contribution is 2.30. The molecule has 0 bridgehead atoms. The Hall–Kier alpha value is -2.70. The highest BCUT2D eigenvalue weighted by molar-refractivity contribution is 6.31. The topological polar surface area (TPSA) is 82.5 Å². The zero-order valence-corrected chi connectivity index (χ0v) is 15.3. The average Bonchev–Trinajstić information content (AvgIpc) is 2.65. The van der Waals surface area contributed by atoms with E-state index in [0.717, 1.165) is 30.5 Å². The fraction of sp³-hybridized carbons (Fsp3) is 0.200. The van der Waals surface area contributed by atoms with Gasteiger partial charge in [-0.15, -0.1) is 0 Å². The number of halogens is 2. The minimum Gasteiger partial charge on any atom is -0.507 e. The van der Waals surface area contributed by atoms with Crippen LogP contribution in [0, 0.1) is 5.82 Å². The van der Waals surface area contributed by atoms with Crippen LogP contribution in [-0.2, 0) is 6.61 Å². The molecular formula is C20H18ClFN2O3. The minimum atomic E-state index is -0.721. The van der Waals surface area contributed by atoms with Gasteiger partial charge in [0, 0.05) is 11.3 Å². The van der Waals surface area contributed by atoms with Crippen LogP contribution in [0.15, 0.2) is 47.7 Å². The predicted molar refractivity (Wildman–Crippen MR) is 101 cm³/mol. The van der Waals surface area contributed by atoms with Crippen molar-refractivity contribution in [3.05, 3.63) is 69.8 Å². The number of amides is 1. The molecule has 0 unspecified atom stereocenters.